The fourth-order valence-corrected chi connectivity index (χ4v) is 13.1. The third-order valence-electron chi connectivity index (χ3n) is 10.8. The number of hydrogen-bond donors (Lipinski definition) is 0. The van der Waals surface area contributed by atoms with Crippen molar-refractivity contribution in [3.8, 4) is 34.2 Å². The summed E-state index contributed by atoms with van der Waals surface area (Å²) in [5, 5.41) is 12.7. The number of aromatic nitrogens is 3. The van der Waals surface area contributed by atoms with Crippen LogP contribution in [-0.2, 0) is 0 Å². The number of hydrogen-bond acceptors (Lipinski definition) is 3. The Labute approximate surface area is 321 Å². The first-order valence-electron chi connectivity index (χ1n) is 18.7. The fourth-order valence-electron chi connectivity index (χ4n) is 8.33. The lowest BCUT2D eigenvalue weighted by Crippen LogP contribution is -2.74. The van der Waals surface area contributed by atoms with Crippen molar-refractivity contribution in [1.82, 2.24) is 15.0 Å². The highest BCUT2D eigenvalue weighted by Crippen LogP contribution is 2.37. The van der Waals surface area contributed by atoms with Gasteiger partial charge in [0.2, 0.25) is 0 Å². The molecule has 10 aromatic rings. The maximum absolute atomic E-state index is 5.08. The molecule has 9 aromatic carbocycles. The van der Waals surface area contributed by atoms with Gasteiger partial charge in [-0.15, -0.1) is 0 Å². The zero-order valence-electron chi connectivity index (χ0n) is 30.0. The second kappa shape index (κ2) is 13.8. The third-order valence-corrected chi connectivity index (χ3v) is 15.6. The summed E-state index contributed by atoms with van der Waals surface area (Å²) in [6.45, 7) is 0. The predicted molar refractivity (Wildman–Crippen MR) is 232 cm³/mol. The minimum atomic E-state index is -2.74. The Bertz CT molecular complexity index is 2800. The van der Waals surface area contributed by atoms with E-state index in [1.165, 1.54) is 53.1 Å². The smallest absolute Gasteiger partial charge is 0.179 e. The van der Waals surface area contributed by atoms with Gasteiger partial charge in [-0.25, -0.2) is 15.0 Å². The molecule has 0 saturated heterocycles. The molecule has 3 nitrogen and oxygen atoms in total. The number of fused-ring (bicyclic) bond motifs is 6. The van der Waals surface area contributed by atoms with Crippen molar-refractivity contribution >= 4 is 61.1 Å². The van der Waals surface area contributed by atoms with Gasteiger partial charge < -0.3 is 0 Å². The van der Waals surface area contributed by atoms with E-state index >= 15 is 0 Å². The zero-order valence-corrected chi connectivity index (χ0v) is 31.0. The van der Waals surface area contributed by atoms with Crippen LogP contribution in [0, 0.1) is 0 Å². The van der Waals surface area contributed by atoms with Gasteiger partial charge in [0.1, 0.15) is 0 Å². The van der Waals surface area contributed by atoms with Gasteiger partial charge in [-0.3, -0.25) is 0 Å². The Kier molecular flexibility index (Phi) is 8.16. The van der Waals surface area contributed by atoms with E-state index in [1.807, 2.05) is 36.4 Å². The Morgan fingerprint density at radius 1 is 0.236 bits per heavy atom. The summed E-state index contributed by atoms with van der Waals surface area (Å²) in [6.07, 6.45) is 0. The van der Waals surface area contributed by atoms with Crippen molar-refractivity contribution < 1.29 is 0 Å². The summed E-state index contributed by atoms with van der Waals surface area (Å²) in [6, 6.07) is 76.5. The van der Waals surface area contributed by atoms with Gasteiger partial charge in [-0.2, -0.15) is 0 Å². The highest BCUT2D eigenvalue weighted by molar-refractivity contribution is 7.20. The van der Waals surface area contributed by atoms with Crippen molar-refractivity contribution in [2.75, 3.05) is 0 Å². The fraction of sp³-hybridized carbons (Fsp3) is 0. The Morgan fingerprint density at radius 2 is 0.582 bits per heavy atom. The average molecular weight is 718 g/mol. The molecule has 0 aliphatic heterocycles. The summed E-state index contributed by atoms with van der Waals surface area (Å²) in [5.41, 5.74) is 2.86. The van der Waals surface area contributed by atoms with E-state index < -0.39 is 8.07 Å². The quantitative estimate of drug-likeness (QED) is 0.0937. The standard InChI is InChI=1S/C51H35N3Si/c1-6-18-36(19-7-1)49-52-50(37-20-8-2-9-21-37)54-51(53-49)38-30-32-46-47(34-38)44-29-17-16-28-43(44)45-33-31-42(35-48(45)46)55(39-22-10-3-11-23-39,40-24-12-4-13-25-40)41-26-14-5-15-27-41/h1-35H. The lowest BCUT2D eigenvalue weighted by atomic mass is 9.93. The van der Waals surface area contributed by atoms with Crippen LogP contribution in [0.4, 0.5) is 0 Å². The molecule has 0 aliphatic carbocycles. The van der Waals surface area contributed by atoms with E-state index in [1.54, 1.807) is 0 Å². The Balaban J connectivity index is 1.24. The Hall–Kier alpha value is -7.01. The van der Waals surface area contributed by atoms with Crippen molar-refractivity contribution in [3.63, 3.8) is 0 Å². The maximum Gasteiger partial charge on any atom is 0.179 e. The normalized spacial score (nSPS) is 11.6. The van der Waals surface area contributed by atoms with Gasteiger partial charge in [0, 0.05) is 16.7 Å². The van der Waals surface area contributed by atoms with Crippen LogP contribution in [0.15, 0.2) is 212 Å². The van der Waals surface area contributed by atoms with Gasteiger partial charge in [0.05, 0.1) is 0 Å². The molecule has 0 atom stereocenters. The second-order valence-corrected chi connectivity index (χ2v) is 17.8. The van der Waals surface area contributed by atoms with Gasteiger partial charge in [-0.05, 0) is 59.1 Å². The molecule has 258 valence electrons. The largest absolute Gasteiger partial charge is 0.208 e. The zero-order chi connectivity index (χ0) is 36.6. The van der Waals surface area contributed by atoms with Crippen LogP contribution in [0.5, 0.6) is 0 Å². The lowest BCUT2D eigenvalue weighted by Gasteiger charge is -2.34. The molecule has 0 amide bonds. The SMILES string of the molecule is c1ccc(-c2nc(-c3ccccc3)nc(-c3ccc4c(c3)c3ccccc3c3ccc([Si](c5ccccc5)(c5ccccc5)c5ccccc5)cc34)n2)cc1. The minimum absolute atomic E-state index is 0.649. The van der Waals surface area contributed by atoms with Gasteiger partial charge in [-0.1, -0.05) is 206 Å². The van der Waals surface area contributed by atoms with Crippen molar-refractivity contribution in [1.29, 1.82) is 0 Å². The summed E-state index contributed by atoms with van der Waals surface area (Å²) in [5.74, 6) is 1.96. The summed E-state index contributed by atoms with van der Waals surface area (Å²) in [7, 11) is -2.74. The molecule has 0 bridgehead atoms. The number of benzene rings is 9. The molecule has 0 unspecified atom stereocenters. The molecule has 1 aromatic heterocycles. The number of nitrogens with zero attached hydrogens (tertiary/aromatic N) is 3. The van der Waals surface area contributed by atoms with E-state index in [0.717, 1.165) is 16.7 Å². The van der Waals surface area contributed by atoms with Gasteiger partial charge >= 0.3 is 0 Å². The van der Waals surface area contributed by atoms with Crippen LogP contribution in [0.1, 0.15) is 0 Å². The van der Waals surface area contributed by atoms with Crippen molar-refractivity contribution in [2.24, 2.45) is 0 Å². The topological polar surface area (TPSA) is 38.7 Å². The first-order chi connectivity index (χ1) is 27.3. The van der Waals surface area contributed by atoms with Crippen LogP contribution in [0.2, 0.25) is 0 Å². The highest BCUT2D eigenvalue weighted by Gasteiger charge is 2.41. The van der Waals surface area contributed by atoms with Crippen molar-refractivity contribution in [2.45, 2.75) is 0 Å². The van der Waals surface area contributed by atoms with E-state index in [4.69, 9.17) is 15.0 Å². The molecular weight excluding hydrogens is 683 g/mol. The molecule has 55 heavy (non-hydrogen) atoms. The summed E-state index contributed by atoms with van der Waals surface area (Å²) in [4.78, 5) is 15.1. The molecule has 1 heterocycles. The van der Waals surface area contributed by atoms with Gasteiger partial charge in [0.15, 0.2) is 25.5 Å². The maximum atomic E-state index is 5.08. The van der Waals surface area contributed by atoms with E-state index in [-0.39, 0.29) is 0 Å². The van der Waals surface area contributed by atoms with Crippen molar-refractivity contribution in [3.05, 3.63) is 212 Å². The monoisotopic (exact) mass is 717 g/mol. The molecule has 0 saturated carbocycles. The molecule has 0 fully saturated rings. The highest BCUT2D eigenvalue weighted by atomic mass is 28.3. The second-order valence-electron chi connectivity index (χ2n) is 14.0. The van der Waals surface area contributed by atoms with Crippen LogP contribution >= 0.6 is 0 Å². The molecule has 0 spiro atoms. The van der Waals surface area contributed by atoms with Crippen LogP contribution in [-0.4, -0.2) is 23.0 Å². The number of rotatable bonds is 7. The Morgan fingerprint density at radius 3 is 1.07 bits per heavy atom. The first kappa shape index (κ1) is 32.6. The molecule has 0 aliphatic rings. The molecule has 4 heteroatoms. The lowest BCUT2D eigenvalue weighted by molar-refractivity contribution is 1.07. The summed E-state index contributed by atoms with van der Waals surface area (Å²) < 4.78 is 0. The minimum Gasteiger partial charge on any atom is -0.208 e. The third kappa shape index (κ3) is 5.63. The van der Waals surface area contributed by atoms with E-state index in [9.17, 15) is 0 Å². The van der Waals surface area contributed by atoms with Crippen LogP contribution < -0.4 is 20.7 Å². The van der Waals surface area contributed by atoms with E-state index in [2.05, 4.69) is 176 Å². The van der Waals surface area contributed by atoms with Gasteiger partial charge in [0.25, 0.3) is 0 Å². The summed E-state index contributed by atoms with van der Waals surface area (Å²) >= 11 is 0. The van der Waals surface area contributed by atoms with Crippen LogP contribution in [0.3, 0.4) is 0 Å². The molecule has 10 rings (SSSR count). The molecule has 0 radical (unpaired) electrons. The average Bonchev–Trinajstić information content (AvgIpc) is 3.28. The van der Waals surface area contributed by atoms with E-state index in [0.29, 0.717) is 17.5 Å². The predicted octanol–water partition coefficient (Wildman–Crippen LogP) is 9.71. The first-order valence-corrected chi connectivity index (χ1v) is 20.7. The van der Waals surface area contributed by atoms with Crippen LogP contribution in [0.25, 0.3) is 66.5 Å². The molecule has 0 N–H and O–H groups in total. The molecular formula is C51H35N3Si.